The van der Waals surface area contributed by atoms with Crippen LogP contribution in [0.1, 0.15) is 28.5 Å². The van der Waals surface area contributed by atoms with E-state index in [4.69, 9.17) is 0 Å². The van der Waals surface area contributed by atoms with Crippen molar-refractivity contribution in [3.8, 4) is 11.3 Å². The van der Waals surface area contributed by atoms with E-state index in [9.17, 15) is 9.59 Å². The minimum atomic E-state index is -0.357. The lowest BCUT2D eigenvalue weighted by atomic mass is 9.97. The second kappa shape index (κ2) is 6.61. The second-order valence-electron chi connectivity index (χ2n) is 6.63. The number of anilines is 1. The van der Waals surface area contributed by atoms with Crippen molar-refractivity contribution in [1.82, 2.24) is 14.7 Å². The quantitative estimate of drug-likeness (QED) is 0.559. The van der Waals surface area contributed by atoms with Gasteiger partial charge in [-0.1, -0.05) is 48.5 Å². The Morgan fingerprint density at radius 2 is 1.93 bits per heavy atom. The fraction of sp³-hybridized carbons (Fsp3) is 0.0952. The lowest BCUT2D eigenvalue weighted by Crippen LogP contribution is -2.35. The fourth-order valence-corrected chi connectivity index (χ4v) is 4.32. The summed E-state index contributed by atoms with van der Waals surface area (Å²) in [7, 11) is 0. The molecule has 0 unspecified atom stereocenters. The van der Waals surface area contributed by atoms with E-state index in [1.807, 2.05) is 60.8 Å². The summed E-state index contributed by atoms with van der Waals surface area (Å²) in [5.41, 5.74) is 4.00. The molecular formula is C21H16N4O2S. The number of benzene rings is 2. The van der Waals surface area contributed by atoms with Crippen LogP contribution in [0.5, 0.6) is 0 Å². The predicted octanol–water partition coefficient (Wildman–Crippen LogP) is 3.88. The van der Waals surface area contributed by atoms with E-state index in [1.165, 1.54) is 11.3 Å². The van der Waals surface area contributed by atoms with Gasteiger partial charge in [0.05, 0.1) is 18.2 Å². The maximum Gasteiger partial charge on any atom is 0.269 e. The Morgan fingerprint density at radius 1 is 1.14 bits per heavy atom. The third kappa shape index (κ3) is 2.86. The standard InChI is InChI=1S/C21H16N4O2S/c26-19-10-16(14-8-4-5-9-15(14)22-19)23-20(27)18-12-28-21-24-17(11-25(18)21)13-6-2-1-3-7-13/h1-9,11-12,16H,10H2,(H,22,26)(H,23,27)/t16-/m0/s1. The van der Waals surface area contributed by atoms with Crippen molar-refractivity contribution < 1.29 is 9.59 Å². The first-order valence-electron chi connectivity index (χ1n) is 8.91. The van der Waals surface area contributed by atoms with Crippen LogP contribution < -0.4 is 10.6 Å². The third-order valence-electron chi connectivity index (χ3n) is 4.82. The largest absolute Gasteiger partial charge is 0.343 e. The molecule has 0 radical (unpaired) electrons. The van der Waals surface area contributed by atoms with Gasteiger partial charge in [-0.2, -0.15) is 0 Å². The molecule has 28 heavy (non-hydrogen) atoms. The topological polar surface area (TPSA) is 75.5 Å². The summed E-state index contributed by atoms with van der Waals surface area (Å²) in [6, 6.07) is 17.0. The molecule has 2 N–H and O–H groups in total. The molecule has 2 amide bonds. The monoisotopic (exact) mass is 388 g/mol. The van der Waals surface area contributed by atoms with Crippen molar-refractivity contribution in [3.05, 3.63) is 77.4 Å². The fourth-order valence-electron chi connectivity index (χ4n) is 3.47. The van der Waals surface area contributed by atoms with Crippen LogP contribution in [0.3, 0.4) is 0 Å². The minimum absolute atomic E-state index is 0.103. The van der Waals surface area contributed by atoms with Crippen LogP contribution >= 0.6 is 11.3 Å². The average Bonchev–Trinajstić information content (AvgIpc) is 3.29. The SMILES string of the molecule is O=C1C[C@H](NC(=O)c2csc3nc(-c4ccccc4)cn23)c2ccccc2N1. The van der Waals surface area contributed by atoms with E-state index in [2.05, 4.69) is 15.6 Å². The molecule has 0 fully saturated rings. The third-order valence-corrected chi connectivity index (χ3v) is 5.66. The van der Waals surface area contributed by atoms with Crippen LogP contribution in [0.15, 0.2) is 66.2 Å². The molecule has 2 aromatic heterocycles. The number of fused-ring (bicyclic) bond motifs is 2. The summed E-state index contributed by atoms with van der Waals surface area (Å²) < 4.78 is 1.80. The van der Waals surface area contributed by atoms with Crippen molar-refractivity contribution in [2.45, 2.75) is 12.5 Å². The molecule has 1 atom stereocenters. The highest BCUT2D eigenvalue weighted by Crippen LogP contribution is 2.30. The molecule has 0 spiro atoms. The average molecular weight is 388 g/mol. The van der Waals surface area contributed by atoms with E-state index in [1.54, 1.807) is 9.78 Å². The molecule has 4 aromatic rings. The lowest BCUT2D eigenvalue weighted by molar-refractivity contribution is -0.116. The predicted molar refractivity (Wildman–Crippen MR) is 108 cm³/mol. The van der Waals surface area contributed by atoms with Crippen molar-refractivity contribution in [1.29, 1.82) is 0 Å². The number of carbonyl (C=O) groups excluding carboxylic acids is 2. The van der Waals surface area contributed by atoms with Gasteiger partial charge in [-0.25, -0.2) is 4.98 Å². The molecule has 5 rings (SSSR count). The molecule has 1 aliphatic heterocycles. The number of carbonyl (C=O) groups is 2. The lowest BCUT2D eigenvalue weighted by Gasteiger charge is -2.26. The molecule has 3 heterocycles. The van der Waals surface area contributed by atoms with E-state index in [-0.39, 0.29) is 24.3 Å². The van der Waals surface area contributed by atoms with Gasteiger partial charge in [0.15, 0.2) is 4.96 Å². The zero-order valence-corrected chi connectivity index (χ0v) is 15.6. The van der Waals surface area contributed by atoms with Crippen LogP contribution in [0.4, 0.5) is 5.69 Å². The maximum atomic E-state index is 13.0. The summed E-state index contributed by atoms with van der Waals surface area (Å²) in [6.07, 6.45) is 2.09. The number of hydrogen-bond acceptors (Lipinski definition) is 4. The second-order valence-corrected chi connectivity index (χ2v) is 7.47. The van der Waals surface area contributed by atoms with Crippen LogP contribution in [0.25, 0.3) is 16.2 Å². The summed E-state index contributed by atoms with van der Waals surface area (Å²) >= 11 is 1.42. The number of nitrogens with zero attached hydrogens (tertiary/aromatic N) is 2. The molecule has 1 aliphatic rings. The van der Waals surface area contributed by atoms with Gasteiger partial charge >= 0.3 is 0 Å². The summed E-state index contributed by atoms with van der Waals surface area (Å²) in [4.78, 5) is 30.3. The van der Waals surface area contributed by atoms with Crippen molar-refractivity contribution in [3.63, 3.8) is 0 Å². The smallest absolute Gasteiger partial charge is 0.269 e. The van der Waals surface area contributed by atoms with Gasteiger partial charge in [0.2, 0.25) is 5.91 Å². The Hall–Kier alpha value is -3.45. The van der Waals surface area contributed by atoms with Crippen LogP contribution in [0.2, 0.25) is 0 Å². The molecule has 6 nitrogen and oxygen atoms in total. The number of amides is 2. The summed E-state index contributed by atoms with van der Waals surface area (Å²) in [6.45, 7) is 0. The van der Waals surface area contributed by atoms with Gasteiger partial charge in [0.25, 0.3) is 5.91 Å². The van der Waals surface area contributed by atoms with E-state index in [0.29, 0.717) is 5.69 Å². The van der Waals surface area contributed by atoms with Gasteiger partial charge in [-0.3, -0.25) is 14.0 Å². The highest BCUT2D eigenvalue weighted by atomic mass is 32.1. The number of rotatable bonds is 3. The maximum absolute atomic E-state index is 13.0. The summed E-state index contributed by atoms with van der Waals surface area (Å²) in [5.74, 6) is -0.328. The molecule has 2 aromatic carbocycles. The summed E-state index contributed by atoms with van der Waals surface area (Å²) in [5, 5.41) is 7.65. The van der Waals surface area contributed by atoms with Gasteiger partial charge < -0.3 is 10.6 Å². The van der Waals surface area contributed by atoms with Gasteiger partial charge in [-0.15, -0.1) is 11.3 Å². The zero-order valence-electron chi connectivity index (χ0n) is 14.8. The molecule has 0 saturated carbocycles. The highest BCUT2D eigenvalue weighted by Gasteiger charge is 2.27. The first kappa shape index (κ1) is 16.7. The van der Waals surface area contributed by atoms with Crippen molar-refractivity contribution in [2.75, 3.05) is 5.32 Å². The van der Waals surface area contributed by atoms with Crippen molar-refractivity contribution in [2.24, 2.45) is 0 Å². The molecular weight excluding hydrogens is 372 g/mol. The number of thiazole rings is 1. The normalized spacial score (nSPS) is 15.9. The molecule has 0 saturated heterocycles. The van der Waals surface area contributed by atoms with Crippen LogP contribution in [-0.2, 0) is 4.79 Å². The van der Waals surface area contributed by atoms with Gasteiger partial charge in [-0.05, 0) is 11.6 Å². The van der Waals surface area contributed by atoms with E-state index in [0.717, 1.165) is 27.5 Å². The van der Waals surface area contributed by atoms with Crippen LogP contribution in [0, 0.1) is 0 Å². The molecule has 0 bridgehead atoms. The minimum Gasteiger partial charge on any atom is -0.343 e. The number of nitrogens with one attached hydrogen (secondary N) is 2. The first-order valence-corrected chi connectivity index (χ1v) is 9.78. The van der Waals surface area contributed by atoms with Gasteiger partial charge in [0.1, 0.15) is 5.69 Å². The zero-order chi connectivity index (χ0) is 19.1. The number of aromatic nitrogens is 2. The molecule has 7 heteroatoms. The van der Waals surface area contributed by atoms with Crippen molar-refractivity contribution >= 4 is 33.8 Å². The molecule has 0 aliphatic carbocycles. The Labute approximate surface area is 164 Å². The Morgan fingerprint density at radius 3 is 2.79 bits per heavy atom. The van der Waals surface area contributed by atoms with Crippen LogP contribution in [-0.4, -0.2) is 21.2 Å². The number of para-hydroxylation sites is 1. The first-order chi connectivity index (χ1) is 13.7. The Kier molecular flexibility index (Phi) is 3.95. The van der Waals surface area contributed by atoms with E-state index >= 15 is 0 Å². The van der Waals surface area contributed by atoms with E-state index < -0.39 is 0 Å². The Bertz CT molecular complexity index is 1200. The number of imidazole rings is 1. The highest BCUT2D eigenvalue weighted by molar-refractivity contribution is 7.15. The Balaban J connectivity index is 1.45. The molecule has 138 valence electrons. The van der Waals surface area contributed by atoms with Gasteiger partial charge in [0, 0.05) is 22.8 Å². The number of hydrogen-bond donors (Lipinski definition) is 2.